The lowest BCUT2D eigenvalue weighted by Gasteiger charge is -1.98. The number of imidazole rings is 1. The van der Waals surface area contributed by atoms with Gasteiger partial charge in [0, 0.05) is 4.90 Å². The third-order valence-corrected chi connectivity index (χ3v) is 4.51. The van der Waals surface area contributed by atoms with Crippen molar-refractivity contribution < 1.29 is 0 Å². The maximum atomic E-state index is 12.2. The van der Waals surface area contributed by atoms with Gasteiger partial charge in [-0.15, -0.1) is 11.8 Å². The van der Waals surface area contributed by atoms with E-state index in [2.05, 4.69) is 21.1 Å². The fourth-order valence-electron chi connectivity index (χ4n) is 2.63. The lowest BCUT2D eigenvalue weighted by atomic mass is 10.2. The molecular formula is C16H14N4OS. The highest BCUT2D eigenvalue weighted by Crippen LogP contribution is 2.14. The molecule has 4 rings (SSSR count). The molecule has 0 aliphatic heterocycles. The van der Waals surface area contributed by atoms with Crippen molar-refractivity contribution in [2.24, 2.45) is 0 Å². The van der Waals surface area contributed by atoms with E-state index in [4.69, 9.17) is 0 Å². The summed E-state index contributed by atoms with van der Waals surface area (Å²) in [6, 6.07) is 8.08. The van der Waals surface area contributed by atoms with Crippen molar-refractivity contribution in [3.63, 3.8) is 0 Å². The van der Waals surface area contributed by atoms with Gasteiger partial charge in [0.05, 0.1) is 11.0 Å². The van der Waals surface area contributed by atoms with Gasteiger partial charge in [0.25, 0.3) is 5.56 Å². The number of nitrogens with one attached hydrogen (secondary N) is 1. The lowest BCUT2D eigenvalue weighted by Crippen LogP contribution is -2.28. The van der Waals surface area contributed by atoms with Gasteiger partial charge in [-0.3, -0.25) is 9.78 Å². The number of aromatic amines is 1. The van der Waals surface area contributed by atoms with E-state index in [0.717, 1.165) is 29.4 Å². The highest BCUT2D eigenvalue weighted by atomic mass is 32.2. The molecule has 0 saturated carbocycles. The van der Waals surface area contributed by atoms with E-state index in [1.54, 1.807) is 16.3 Å². The molecule has 3 aromatic rings. The molecule has 0 bridgehead atoms. The van der Waals surface area contributed by atoms with Crippen LogP contribution in [0, 0.1) is 0 Å². The number of nitrogens with zero attached hydrogens (tertiary/aromatic N) is 3. The largest absolute Gasteiger partial charge is 0.289 e. The third kappa shape index (κ3) is 2.16. The summed E-state index contributed by atoms with van der Waals surface area (Å²) in [6.45, 7) is 0. The van der Waals surface area contributed by atoms with Crippen LogP contribution in [-0.4, -0.2) is 25.8 Å². The molecule has 0 atom stereocenters. The summed E-state index contributed by atoms with van der Waals surface area (Å²) in [6.07, 6.45) is 7.78. The molecule has 1 aromatic carbocycles. The van der Waals surface area contributed by atoms with E-state index in [9.17, 15) is 4.79 Å². The molecule has 2 heterocycles. The molecule has 0 radical (unpaired) electrons. The first-order valence-electron chi connectivity index (χ1n) is 7.08. The summed E-state index contributed by atoms with van der Waals surface area (Å²) in [5, 5.41) is 5.96. The maximum Gasteiger partial charge on any atom is 0.276 e. The molecule has 0 saturated heterocycles. The van der Waals surface area contributed by atoms with Crippen LogP contribution in [0.15, 0.2) is 34.0 Å². The van der Waals surface area contributed by atoms with Gasteiger partial charge in [-0.1, -0.05) is 18.2 Å². The molecule has 0 amide bonds. The number of H-pyrrole nitrogens is 1. The Labute approximate surface area is 130 Å². The molecule has 22 heavy (non-hydrogen) atoms. The second-order valence-corrected chi connectivity index (χ2v) is 6.06. The first-order valence-corrected chi connectivity index (χ1v) is 8.31. The summed E-state index contributed by atoms with van der Waals surface area (Å²) in [5.74, 6) is 0.494. The zero-order chi connectivity index (χ0) is 15.1. The van der Waals surface area contributed by atoms with Crippen LogP contribution < -0.4 is 16.3 Å². The molecule has 110 valence electrons. The number of fused-ring (bicyclic) bond motifs is 2. The Morgan fingerprint density at radius 3 is 2.91 bits per heavy atom. The summed E-state index contributed by atoms with van der Waals surface area (Å²) in [5.41, 5.74) is 1.75. The Morgan fingerprint density at radius 2 is 2.14 bits per heavy atom. The standard InChI is InChI=1S/C16H14N4OS/c1-22-11-7-5-10(6-8-11)9-14-15(21)18-16-17-12-3-2-4-13(12)19-20(14)16/h3,5-9H,2,4H2,1H3,(H,17,18,21)/b14-9+. The SMILES string of the molecule is CSc1ccc(/C=c2\c(=O)[nH]c3nc4c(nn23)CCC=4)cc1. The number of benzene rings is 1. The smallest absolute Gasteiger partial charge is 0.276 e. The second-order valence-electron chi connectivity index (χ2n) is 5.18. The van der Waals surface area contributed by atoms with E-state index in [1.165, 1.54) is 4.90 Å². The maximum absolute atomic E-state index is 12.2. The Kier molecular flexibility index (Phi) is 3.11. The average molecular weight is 310 g/mol. The van der Waals surface area contributed by atoms with Crippen molar-refractivity contribution in [1.29, 1.82) is 0 Å². The van der Waals surface area contributed by atoms with Crippen molar-refractivity contribution in [1.82, 2.24) is 19.6 Å². The Balaban J connectivity index is 1.94. The first kappa shape index (κ1) is 13.3. The lowest BCUT2D eigenvalue weighted by molar-refractivity contribution is 0.808. The van der Waals surface area contributed by atoms with Crippen LogP contribution in [-0.2, 0) is 6.42 Å². The fourth-order valence-corrected chi connectivity index (χ4v) is 3.04. The minimum atomic E-state index is -0.169. The van der Waals surface area contributed by atoms with E-state index in [1.807, 2.05) is 36.6 Å². The predicted octanol–water partition coefficient (Wildman–Crippen LogP) is 0.695. The summed E-state index contributed by atoms with van der Waals surface area (Å²) in [7, 11) is 0. The molecule has 1 aliphatic rings. The fraction of sp³-hybridized carbons (Fsp3) is 0.188. The van der Waals surface area contributed by atoms with Crippen molar-refractivity contribution in [3.05, 3.63) is 56.6 Å². The van der Waals surface area contributed by atoms with Crippen LogP contribution in [0.2, 0.25) is 0 Å². The van der Waals surface area contributed by atoms with Crippen molar-refractivity contribution in [2.45, 2.75) is 17.7 Å². The number of hydrogen-bond donors (Lipinski definition) is 1. The van der Waals surface area contributed by atoms with Crippen LogP contribution in [0.5, 0.6) is 0 Å². The molecule has 0 unspecified atom stereocenters. The van der Waals surface area contributed by atoms with Crippen LogP contribution >= 0.6 is 11.8 Å². The van der Waals surface area contributed by atoms with E-state index < -0.39 is 0 Å². The Morgan fingerprint density at radius 1 is 1.32 bits per heavy atom. The highest BCUT2D eigenvalue weighted by Gasteiger charge is 2.10. The summed E-state index contributed by atoms with van der Waals surface area (Å²) >= 11 is 1.69. The molecular weight excluding hydrogens is 296 g/mol. The van der Waals surface area contributed by atoms with Crippen LogP contribution in [0.1, 0.15) is 17.7 Å². The van der Waals surface area contributed by atoms with E-state index in [-0.39, 0.29) is 5.56 Å². The van der Waals surface area contributed by atoms with Gasteiger partial charge < -0.3 is 0 Å². The third-order valence-electron chi connectivity index (χ3n) is 3.77. The average Bonchev–Trinajstić information content (AvgIpc) is 3.10. The summed E-state index contributed by atoms with van der Waals surface area (Å²) in [4.78, 5) is 20.6. The first-order chi connectivity index (χ1) is 10.7. The topological polar surface area (TPSA) is 63.0 Å². The number of thioether (sulfide) groups is 1. The van der Waals surface area contributed by atoms with Gasteiger partial charge in [0.15, 0.2) is 0 Å². The van der Waals surface area contributed by atoms with Crippen molar-refractivity contribution in [3.8, 4) is 0 Å². The van der Waals surface area contributed by atoms with Gasteiger partial charge in [0.1, 0.15) is 5.35 Å². The van der Waals surface area contributed by atoms with Gasteiger partial charge in [-0.05, 0) is 42.9 Å². The van der Waals surface area contributed by atoms with E-state index >= 15 is 0 Å². The van der Waals surface area contributed by atoms with E-state index in [0.29, 0.717) is 11.1 Å². The monoisotopic (exact) mass is 310 g/mol. The molecule has 1 aliphatic carbocycles. The molecule has 2 aromatic heterocycles. The zero-order valence-electron chi connectivity index (χ0n) is 12.0. The number of aromatic nitrogens is 4. The Hall–Kier alpha value is -2.34. The van der Waals surface area contributed by atoms with Crippen LogP contribution in [0.25, 0.3) is 17.9 Å². The minimum absolute atomic E-state index is 0.169. The van der Waals surface area contributed by atoms with Gasteiger partial charge >= 0.3 is 0 Å². The Bertz CT molecular complexity index is 1030. The zero-order valence-corrected chi connectivity index (χ0v) is 12.9. The molecule has 1 N–H and O–H groups in total. The minimum Gasteiger partial charge on any atom is -0.289 e. The van der Waals surface area contributed by atoms with Gasteiger partial charge in [-0.2, -0.15) is 9.61 Å². The quantitative estimate of drug-likeness (QED) is 0.708. The molecule has 5 nitrogen and oxygen atoms in total. The number of aryl methyl sites for hydroxylation is 1. The second kappa shape index (κ2) is 5.14. The van der Waals surface area contributed by atoms with Crippen molar-refractivity contribution >= 4 is 29.7 Å². The van der Waals surface area contributed by atoms with Gasteiger partial charge in [0.2, 0.25) is 5.78 Å². The number of hydrogen-bond acceptors (Lipinski definition) is 4. The van der Waals surface area contributed by atoms with Crippen molar-refractivity contribution in [2.75, 3.05) is 6.26 Å². The molecule has 0 spiro atoms. The molecule has 0 fully saturated rings. The van der Waals surface area contributed by atoms with Gasteiger partial charge in [-0.25, -0.2) is 4.98 Å². The normalized spacial score (nSPS) is 14.3. The predicted molar refractivity (Wildman–Crippen MR) is 87.4 cm³/mol. The number of rotatable bonds is 2. The van der Waals surface area contributed by atoms with Crippen LogP contribution in [0.3, 0.4) is 0 Å². The molecule has 6 heteroatoms. The van der Waals surface area contributed by atoms with Crippen LogP contribution in [0.4, 0.5) is 0 Å². The summed E-state index contributed by atoms with van der Waals surface area (Å²) < 4.78 is 1.61. The highest BCUT2D eigenvalue weighted by molar-refractivity contribution is 7.98.